The molecular weight excluding hydrogens is 348 g/mol. The lowest BCUT2D eigenvalue weighted by Crippen LogP contribution is -1.91. The fourth-order valence-corrected chi connectivity index (χ4v) is 4.90. The molecular formula is C29H20. The van der Waals surface area contributed by atoms with E-state index < -0.39 is 0 Å². The fraction of sp³-hybridized carbons (Fsp3) is 0.0345. The predicted molar refractivity (Wildman–Crippen MR) is 122 cm³/mol. The van der Waals surface area contributed by atoms with Crippen molar-refractivity contribution < 1.29 is 0 Å². The highest BCUT2D eigenvalue weighted by Crippen LogP contribution is 2.46. The molecule has 4 aromatic rings. The summed E-state index contributed by atoms with van der Waals surface area (Å²) in [4.78, 5) is 0. The average molecular weight is 368 g/mol. The van der Waals surface area contributed by atoms with Crippen LogP contribution in [0.2, 0.25) is 0 Å². The van der Waals surface area contributed by atoms with Crippen LogP contribution in [0, 0.1) is 0 Å². The first-order chi connectivity index (χ1) is 14.4. The van der Waals surface area contributed by atoms with E-state index in [0.29, 0.717) is 5.92 Å². The molecule has 2 aliphatic carbocycles. The summed E-state index contributed by atoms with van der Waals surface area (Å²) in [6.45, 7) is 0. The van der Waals surface area contributed by atoms with Crippen LogP contribution in [-0.4, -0.2) is 0 Å². The van der Waals surface area contributed by atoms with E-state index in [-0.39, 0.29) is 0 Å². The van der Waals surface area contributed by atoms with Crippen LogP contribution in [0.1, 0.15) is 28.2 Å². The van der Waals surface area contributed by atoms with E-state index in [2.05, 4.69) is 115 Å². The van der Waals surface area contributed by atoms with E-state index in [1.54, 1.807) is 0 Å². The Kier molecular flexibility index (Phi) is 3.64. The zero-order valence-electron chi connectivity index (χ0n) is 16.0. The Balaban J connectivity index is 1.44. The molecule has 0 radical (unpaired) electrons. The SMILES string of the molecule is C(/C=C/C1c2ccccc2-c2ccccc21)=C1c2ccccc2-c2ccccc21. The highest BCUT2D eigenvalue weighted by molar-refractivity contribution is 6.01. The lowest BCUT2D eigenvalue weighted by molar-refractivity contribution is 1.07. The number of fused-ring (bicyclic) bond motifs is 6. The van der Waals surface area contributed by atoms with E-state index in [1.807, 2.05) is 0 Å². The van der Waals surface area contributed by atoms with Crippen molar-refractivity contribution in [3.63, 3.8) is 0 Å². The molecule has 0 N–H and O–H groups in total. The molecule has 0 fully saturated rings. The Morgan fingerprint density at radius 3 is 1.38 bits per heavy atom. The molecule has 0 aromatic heterocycles. The first kappa shape index (κ1) is 16.3. The number of benzene rings is 4. The van der Waals surface area contributed by atoms with E-state index in [9.17, 15) is 0 Å². The Labute approximate surface area is 171 Å². The first-order valence-corrected chi connectivity index (χ1v) is 10.2. The van der Waals surface area contributed by atoms with Gasteiger partial charge in [-0.15, -0.1) is 0 Å². The summed E-state index contributed by atoms with van der Waals surface area (Å²) in [5.41, 5.74) is 12.1. The first-order valence-electron chi connectivity index (χ1n) is 10.2. The van der Waals surface area contributed by atoms with E-state index in [4.69, 9.17) is 0 Å². The van der Waals surface area contributed by atoms with Crippen molar-refractivity contribution in [2.45, 2.75) is 5.92 Å². The molecule has 0 unspecified atom stereocenters. The quantitative estimate of drug-likeness (QED) is 0.303. The molecule has 0 spiro atoms. The second kappa shape index (κ2) is 6.46. The van der Waals surface area contributed by atoms with Gasteiger partial charge >= 0.3 is 0 Å². The van der Waals surface area contributed by atoms with Gasteiger partial charge in [0.15, 0.2) is 0 Å². The van der Waals surface area contributed by atoms with Crippen molar-refractivity contribution in [1.29, 1.82) is 0 Å². The van der Waals surface area contributed by atoms with Gasteiger partial charge in [0.25, 0.3) is 0 Å². The van der Waals surface area contributed by atoms with Crippen molar-refractivity contribution in [2.75, 3.05) is 0 Å². The van der Waals surface area contributed by atoms with E-state index in [1.165, 1.54) is 50.1 Å². The third kappa shape index (κ3) is 2.46. The van der Waals surface area contributed by atoms with Gasteiger partial charge in [-0.05, 0) is 50.1 Å². The van der Waals surface area contributed by atoms with Gasteiger partial charge in [-0.3, -0.25) is 0 Å². The molecule has 0 heteroatoms. The minimum absolute atomic E-state index is 0.311. The number of allylic oxidation sites excluding steroid dienone is 3. The third-order valence-electron chi connectivity index (χ3n) is 6.17. The van der Waals surface area contributed by atoms with Crippen molar-refractivity contribution >= 4 is 5.57 Å². The Bertz CT molecular complexity index is 1210. The van der Waals surface area contributed by atoms with Gasteiger partial charge in [-0.1, -0.05) is 115 Å². The number of hydrogen-bond donors (Lipinski definition) is 0. The largest absolute Gasteiger partial charge is 0.0726 e. The van der Waals surface area contributed by atoms with Crippen LogP contribution < -0.4 is 0 Å². The fourth-order valence-electron chi connectivity index (χ4n) is 4.90. The summed E-state index contributed by atoms with van der Waals surface area (Å²) >= 11 is 0. The molecule has 136 valence electrons. The Morgan fingerprint density at radius 1 is 0.448 bits per heavy atom. The van der Waals surface area contributed by atoms with Gasteiger partial charge in [0.2, 0.25) is 0 Å². The van der Waals surface area contributed by atoms with Crippen molar-refractivity contribution in [3.8, 4) is 22.3 Å². The molecule has 29 heavy (non-hydrogen) atoms. The monoisotopic (exact) mass is 368 g/mol. The summed E-state index contributed by atoms with van der Waals surface area (Å²) < 4.78 is 0. The van der Waals surface area contributed by atoms with Gasteiger partial charge < -0.3 is 0 Å². The third-order valence-corrected chi connectivity index (χ3v) is 6.17. The summed E-state index contributed by atoms with van der Waals surface area (Å²) in [6, 6.07) is 35.0. The minimum atomic E-state index is 0.311. The maximum atomic E-state index is 2.35. The summed E-state index contributed by atoms with van der Waals surface area (Å²) in [7, 11) is 0. The highest BCUT2D eigenvalue weighted by Gasteiger charge is 2.26. The highest BCUT2D eigenvalue weighted by atomic mass is 14.3. The molecule has 0 nitrogen and oxygen atoms in total. The zero-order valence-corrected chi connectivity index (χ0v) is 16.0. The molecule has 0 amide bonds. The van der Waals surface area contributed by atoms with Gasteiger partial charge in [0.1, 0.15) is 0 Å². The smallest absolute Gasteiger partial charge is 0.0284 e. The second-order valence-electron chi connectivity index (χ2n) is 7.71. The molecule has 0 heterocycles. The maximum Gasteiger partial charge on any atom is 0.0284 e. The van der Waals surface area contributed by atoms with Crippen LogP contribution in [0.25, 0.3) is 27.8 Å². The molecule has 6 rings (SSSR count). The van der Waals surface area contributed by atoms with Crippen molar-refractivity contribution in [2.24, 2.45) is 0 Å². The molecule has 4 aromatic carbocycles. The molecule has 0 bridgehead atoms. The molecule has 0 saturated carbocycles. The summed E-state index contributed by atoms with van der Waals surface area (Å²) in [5.74, 6) is 0.311. The van der Waals surface area contributed by atoms with Crippen LogP contribution in [0.5, 0.6) is 0 Å². The molecule has 0 aliphatic heterocycles. The van der Waals surface area contributed by atoms with Crippen molar-refractivity contribution in [1.82, 2.24) is 0 Å². The van der Waals surface area contributed by atoms with Crippen LogP contribution in [0.4, 0.5) is 0 Å². The van der Waals surface area contributed by atoms with Crippen molar-refractivity contribution in [3.05, 3.63) is 138 Å². The van der Waals surface area contributed by atoms with E-state index >= 15 is 0 Å². The molecule has 0 saturated heterocycles. The zero-order chi connectivity index (χ0) is 19.2. The summed E-state index contributed by atoms with van der Waals surface area (Å²) in [6.07, 6.45) is 6.88. The van der Waals surface area contributed by atoms with Crippen LogP contribution in [0.3, 0.4) is 0 Å². The van der Waals surface area contributed by atoms with Gasteiger partial charge in [0, 0.05) is 5.92 Å². The van der Waals surface area contributed by atoms with Gasteiger partial charge in [0.05, 0.1) is 0 Å². The Hall–Kier alpha value is -3.64. The van der Waals surface area contributed by atoms with E-state index in [0.717, 1.165) is 0 Å². The Morgan fingerprint density at radius 2 is 0.862 bits per heavy atom. The van der Waals surface area contributed by atoms with Crippen LogP contribution in [-0.2, 0) is 0 Å². The van der Waals surface area contributed by atoms with Gasteiger partial charge in [-0.25, -0.2) is 0 Å². The lowest BCUT2D eigenvalue weighted by Gasteiger charge is -2.08. The molecule has 2 aliphatic rings. The standard InChI is InChI=1S/C29H20/c1-5-14-24-20(10-1)21-11-2-6-15-25(21)28(24)18-9-19-29-26-16-7-3-12-22(26)23-13-4-8-17-27(23)29/h1-19,28H/b18-9+. The number of hydrogen-bond acceptors (Lipinski definition) is 0. The second-order valence-corrected chi connectivity index (χ2v) is 7.71. The topological polar surface area (TPSA) is 0 Å². The minimum Gasteiger partial charge on any atom is -0.0726 e. The van der Waals surface area contributed by atoms with Crippen LogP contribution >= 0.6 is 0 Å². The maximum absolute atomic E-state index is 2.35. The average Bonchev–Trinajstić information content (AvgIpc) is 3.28. The normalized spacial score (nSPS) is 13.9. The number of rotatable bonds is 2. The summed E-state index contributed by atoms with van der Waals surface area (Å²) in [5, 5.41) is 0. The van der Waals surface area contributed by atoms with Crippen LogP contribution in [0.15, 0.2) is 115 Å². The van der Waals surface area contributed by atoms with Gasteiger partial charge in [-0.2, -0.15) is 0 Å². The predicted octanol–water partition coefficient (Wildman–Crippen LogP) is 7.47. The lowest BCUT2D eigenvalue weighted by atomic mass is 9.96. The molecule has 0 atom stereocenters.